The molecule has 2 aromatic rings. The summed E-state index contributed by atoms with van der Waals surface area (Å²) in [5.41, 5.74) is 5.98. The maximum Gasteiger partial charge on any atom is 0.254 e. The van der Waals surface area contributed by atoms with Crippen LogP contribution in [0.25, 0.3) is 0 Å². The largest absolute Gasteiger partial charge is 0.435 e. The minimum Gasteiger partial charge on any atom is -0.435 e. The lowest BCUT2D eigenvalue weighted by molar-refractivity contribution is 0.458. The average molecular weight is 296 g/mol. The van der Waals surface area contributed by atoms with Crippen LogP contribution in [0.3, 0.4) is 0 Å². The Morgan fingerprint density at radius 1 is 1.47 bits per heavy atom. The van der Waals surface area contributed by atoms with Gasteiger partial charge in [-0.25, -0.2) is 4.98 Å². The van der Waals surface area contributed by atoms with E-state index in [0.717, 1.165) is 0 Å². The van der Waals surface area contributed by atoms with Gasteiger partial charge in [-0.2, -0.15) is 0 Å². The van der Waals surface area contributed by atoms with E-state index in [1.54, 1.807) is 25.1 Å². The fraction of sp³-hybridized carbons (Fsp3) is 0.0909. The molecule has 0 saturated heterocycles. The first-order valence-corrected chi connectivity index (χ1v) is 5.65. The Kier molecular flexibility index (Phi) is 3.14. The molecule has 17 heavy (non-hydrogen) atoms. The molecule has 3 N–H and O–H groups in total. The van der Waals surface area contributed by atoms with Crippen molar-refractivity contribution < 1.29 is 4.74 Å². The highest BCUT2D eigenvalue weighted by molar-refractivity contribution is 9.10. The topological polar surface area (TPSA) is 81.0 Å². The second-order valence-corrected chi connectivity index (χ2v) is 4.28. The SMILES string of the molecule is Cc1nc(Oc2c(N)cccc2Br)cc(=O)[nH]1. The van der Waals surface area contributed by atoms with E-state index >= 15 is 0 Å². The van der Waals surface area contributed by atoms with Crippen LogP contribution in [0.4, 0.5) is 5.69 Å². The molecular formula is C11H10BrN3O2. The molecule has 0 aliphatic rings. The number of H-pyrrole nitrogens is 1. The first-order valence-electron chi connectivity index (χ1n) is 4.86. The van der Waals surface area contributed by atoms with E-state index in [9.17, 15) is 4.79 Å². The Labute approximate surface area is 106 Å². The quantitative estimate of drug-likeness (QED) is 0.833. The molecule has 0 saturated carbocycles. The fourth-order valence-corrected chi connectivity index (χ4v) is 1.80. The Morgan fingerprint density at radius 3 is 2.88 bits per heavy atom. The smallest absolute Gasteiger partial charge is 0.254 e. The zero-order valence-corrected chi connectivity index (χ0v) is 10.6. The number of hydrogen-bond donors (Lipinski definition) is 2. The van der Waals surface area contributed by atoms with Crippen LogP contribution >= 0.6 is 15.9 Å². The van der Waals surface area contributed by atoms with Crippen molar-refractivity contribution in [3.63, 3.8) is 0 Å². The molecule has 0 aliphatic heterocycles. The highest BCUT2D eigenvalue weighted by atomic mass is 79.9. The number of aromatic amines is 1. The highest BCUT2D eigenvalue weighted by Crippen LogP contribution is 2.33. The molecule has 1 heterocycles. The lowest BCUT2D eigenvalue weighted by Crippen LogP contribution is -2.08. The number of nitrogens with zero attached hydrogens (tertiary/aromatic N) is 1. The number of ether oxygens (including phenoxy) is 1. The van der Waals surface area contributed by atoms with Gasteiger partial charge in [0.1, 0.15) is 5.82 Å². The first-order chi connectivity index (χ1) is 8.06. The number of hydrogen-bond acceptors (Lipinski definition) is 4. The maximum atomic E-state index is 11.3. The summed E-state index contributed by atoms with van der Waals surface area (Å²) in [6.07, 6.45) is 0. The van der Waals surface area contributed by atoms with Gasteiger partial charge >= 0.3 is 0 Å². The van der Waals surface area contributed by atoms with E-state index in [2.05, 4.69) is 25.9 Å². The number of nitrogens with two attached hydrogens (primary N) is 1. The Hall–Kier alpha value is -1.82. The summed E-state index contributed by atoms with van der Waals surface area (Å²) in [6, 6.07) is 6.57. The lowest BCUT2D eigenvalue weighted by Gasteiger charge is -2.09. The number of aromatic nitrogens is 2. The van der Waals surface area contributed by atoms with Crippen molar-refractivity contribution in [3.8, 4) is 11.6 Å². The molecule has 1 aromatic carbocycles. The van der Waals surface area contributed by atoms with E-state index in [1.807, 2.05) is 0 Å². The molecule has 6 heteroatoms. The van der Waals surface area contributed by atoms with Gasteiger partial charge in [0.15, 0.2) is 5.75 Å². The fourth-order valence-electron chi connectivity index (χ4n) is 1.34. The number of rotatable bonds is 2. The third kappa shape index (κ3) is 2.65. The van der Waals surface area contributed by atoms with Crippen molar-refractivity contribution in [2.75, 3.05) is 5.73 Å². The second-order valence-electron chi connectivity index (χ2n) is 3.43. The second kappa shape index (κ2) is 4.58. The summed E-state index contributed by atoms with van der Waals surface area (Å²) in [4.78, 5) is 17.8. The molecule has 0 atom stereocenters. The van der Waals surface area contributed by atoms with Crippen LogP contribution in [0.2, 0.25) is 0 Å². The first kappa shape index (κ1) is 11.7. The molecule has 0 radical (unpaired) electrons. The van der Waals surface area contributed by atoms with Gasteiger partial charge in [0, 0.05) is 0 Å². The van der Waals surface area contributed by atoms with Crippen LogP contribution in [-0.4, -0.2) is 9.97 Å². The Bertz CT molecular complexity index is 590. The molecule has 0 bridgehead atoms. The molecule has 0 amide bonds. The monoisotopic (exact) mass is 295 g/mol. The summed E-state index contributed by atoms with van der Waals surface area (Å²) in [5.74, 6) is 1.15. The zero-order chi connectivity index (χ0) is 12.4. The molecule has 5 nitrogen and oxygen atoms in total. The average Bonchev–Trinajstić information content (AvgIpc) is 2.22. The van der Waals surface area contributed by atoms with Crippen LogP contribution < -0.4 is 16.0 Å². The van der Waals surface area contributed by atoms with E-state index in [0.29, 0.717) is 21.7 Å². The Morgan fingerprint density at radius 2 is 2.24 bits per heavy atom. The number of halogens is 1. The third-order valence-electron chi connectivity index (χ3n) is 2.04. The van der Waals surface area contributed by atoms with Crippen LogP contribution in [0, 0.1) is 6.92 Å². The number of nitrogens with one attached hydrogen (secondary N) is 1. The predicted octanol–water partition coefficient (Wildman–Crippen LogP) is 2.22. The predicted molar refractivity (Wildman–Crippen MR) is 68.2 cm³/mol. The molecule has 0 aliphatic carbocycles. The van der Waals surface area contributed by atoms with Gasteiger partial charge in [-0.05, 0) is 35.0 Å². The molecule has 0 spiro atoms. The van der Waals surface area contributed by atoms with Crippen molar-refractivity contribution in [2.24, 2.45) is 0 Å². The summed E-state index contributed by atoms with van der Waals surface area (Å²) < 4.78 is 6.20. The summed E-state index contributed by atoms with van der Waals surface area (Å²) in [7, 11) is 0. The maximum absolute atomic E-state index is 11.3. The van der Waals surface area contributed by atoms with Crippen LogP contribution in [-0.2, 0) is 0 Å². The number of benzene rings is 1. The van der Waals surface area contributed by atoms with Gasteiger partial charge in [0.2, 0.25) is 5.88 Å². The standard InChI is InChI=1S/C11H10BrN3O2/c1-6-14-9(16)5-10(15-6)17-11-7(12)3-2-4-8(11)13/h2-5H,13H2,1H3,(H,14,15,16). The summed E-state index contributed by atoms with van der Waals surface area (Å²) in [5, 5.41) is 0. The zero-order valence-electron chi connectivity index (χ0n) is 9.03. The van der Waals surface area contributed by atoms with Gasteiger partial charge in [-0.3, -0.25) is 4.79 Å². The van der Waals surface area contributed by atoms with E-state index in [-0.39, 0.29) is 11.4 Å². The van der Waals surface area contributed by atoms with Gasteiger partial charge in [0.25, 0.3) is 5.56 Å². The lowest BCUT2D eigenvalue weighted by atomic mass is 10.3. The number of aryl methyl sites for hydroxylation is 1. The minimum atomic E-state index is -0.266. The van der Waals surface area contributed by atoms with Crippen molar-refractivity contribution in [1.82, 2.24) is 9.97 Å². The van der Waals surface area contributed by atoms with Crippen molar-refractivity contribution >= 4 is 21.6 Å². The van der Waals surface area contributed by atoms with Crippen LogP contribution in [0.15, 0.2) is 33.5 Å². The number of anilines is 1. The number of nitrogen functional groups attached to an aromatic ring is 1. The van der Waals surface area contributed by atoms with Gasteiger partial charge in [0.05, 0.1) is 16.2 Å². The molecule has 0 fully saturated rings. The van der Waals surface area contributed by atoms with Crippen LogP contribution in [0.1, 0.15) is 5.82 Å². The van der Waals surface area contributed by atoms with E-state index in [1.165, 1.54) is 6.07 Å². The molecular weight excluding hydrogens is 286 g/mol. The van der Waals surface area contributed by atoms with Crippen molar-refractivity contribution in [3.05, 3.63) is 44.9 Å². The van der Waals surface area contributed by atoms with Gasteiger partial charge in [-0.15, -0.1) is 0 Å². The summed E-state index contributed by atoms with van der Waals surface area (Å²) in [6.45, 7) is 1.68. The van der Waals surface area contributed by atoms with E-state index in [4.69, 9.17) is 10.5 Å². The van der Waals surface area contributed by atoms with Crippen molar-refractivity contribution in [1.29, 1.82) is 0 Å². The molecule has 2 rings (SSSR count). The normalized spacial score (nSPS) is 10.2. The van der Waals surface area contributed by atoms with Crippen molar-refractivity contribution in [2.45, 2.75) is 6.92 Å². The number of para-hydroxylation sites is 1. The van der Waals surface area contributed by atoms with Crippen LogP contribution in [0.5, 0.6) is 11.6 Å². The third-order valence-corrected chi connectivity index (χ3v) is 2.67. The molecule has 0 unspecified atom stereocenters. The minimum absolute atomic E-state index is 0.213. The molecule has 88 valence electrons. The molecule has 1 aromatic heterocycles. The van der Waals surface area contributed by atoms with Gasteiger partial charge < -0.3 is 15.5 Å². The Balaban J connectivity index is 2.41. The van der Waals surface area contributed by atoms with Gasteiger partial charge in [-0.1, -0.05) is 6.07 Å². The van der Waals surface area contributed by atoms with E-state index < -0.39 is 0 Å². The summed E-state index contributed by atoms with van der Waals surface area (Å²) >= 11 is 3.32. The highest BCUT2D eigenvalue weighted by Gasteiger charge is 2.08.